The summed E-state index contributed by atoms with van der Waals surface area (Å²) in [5, 5.41) is 7.01. The second-order valence-electron chi connectivity index (χ2n) is 4.26. The molecular weight excluding hydrogens is 245 g/mol. The molecule has 0 aliphatic rings. The van der Waals surface area contributed by atoms with Crippen LogP contribution >= 0.6 is 0 Å². The second-order valence-corrected chi connectivity index (χ2v) is 4.26. The highest BCUT2D eigenvalue weighted by Crippen LogP contribution is 2.08. The third-order valence-electron chi connectivity index (χ3n) is 3.05. The van der Waals surface area contributed by atoms with Crippen molar-refractivity contribution >= 4 is 5.91 Å². The SMILES string of the molecule is CCn1ncc(CNC(=O)c2ccc(F)cc2)c1C. The highest BCUT2D eigenvalue weighted by molar-refractivity contribution is 5.94. The number of rotatable bonds is 4. The maximum Gasteiger partial charge on any atom is 0.251 e. The molecule has 5 heteroatoms. The zero-order valence-corrected chi connectivity index (χ0v) is 11.0. The van der Waals surface area contributed by atoms with Gasteiger partial charge in [0.15, 0.2) is 0 Å². The van der Waals surface area contributed by atoms with E-state index in [2.05, 4.69) is 10.4 Å². The van der Waals surface area contributed by atoms with Crippen molar-refractivity contribution < 1.29 is 9.18 Å². The van der Waals surface area contributed by atoms with E-state index in [1.165, 1.54) is 24.3 Å². The Morgan fingerprint density at radius 2 is 2.05 bits per heavy atom. The Hall–Kier alpha value is -2.17. The number of hydrogen-bond donors (Lipinski definition) is 1. The maximum absolute atomic E-state index is 12.8. The number of carbonyl (C=O) groups is 1. The topological polar surface area (TPSA) is 46.9 Å². The van der Waals surface area contributed by atoms with Gasteiger partial charge in [-0.3, -0.25) is 9.48 Å². The minimum atomic E-state index is -0.350. The van der Waals surface area contributed by atoms with Crippen LogP contribution in [0.3, 0.4) is 0 Å². The first-order valence-electron chi connectivity index (χ1n) is 6.17. The predicted molar refractivity (Wildman–Crippen MR) is 70.2 cm³/mol. The highest BCUT2D eigenvalue weighted by Gasteiger charge is 2.08. The van der Waals surface area contributed by atoms with E-state index < -0.39 is 0 Å². The van der Waals surface area contributed by atoms with Crippen LogP contribution in [-0.2, 0) is 13.1 Å². The molecule has 1 N–H and O–H groups in total. The van der Waals surface area contributed by atoms with Gasteiger partial charge in [0.2, 0.25) is 0 Å². The third-order valence-corrected chi connectivity index (χ3v) is 3.05. The smallest absolute Gasteiger partial charge is 0.251 e. The molecule has 0 fully saturated rings. The average Bonchev–Trinajstić information content (AvgIpc) is 2.77. The van der Waals surface area contributed by atoms with E-state index in [-0.39, 0.29) is 11.7 Å². The summed E-state index contributed by atoms with van der Waals surface area (Å²) < 4.78 is 14.6. The van der Waals surface area contributed by atoms with Crippen LogP contribution < -0.4 is 5.32 Å². The molecule has 0 saturated heterocycles. The van der Waals surface area contributed by atoms with Crippen LogP contribution in [0.15, 0.2) is 30.5 Å². The lowest BCUT2D eigenvalue weighted by atomic mass is 10.2. The molecular formula is C14H16FN3O. The van der Waals surface area contributed by atoms with Crippen molar-refractivity contribution in [3.8, 4) is 0 Å². The van der Waals surface area contributed by atoms with Crippen LogP contribution in [0.25, 0.3) is 0 Å². The summed E-state index contributed by atoms with van der Waals surface area (Å²) in [4.78, 5) is 11.9. The molecule has 100 valence electrons. The first-order chi connectivity index (χ1) is 9.11. The van der Waals surface area contributed by atoms with Gasteiger partial charge >= 0.3 is 0 Å². The Balaban J connectivity index is 2.00. The highest BCUT2D eigenvalue weighted by atomic mass is 19.1. The number of nitrogens with one attached hydrogen (secondary N) is 1. The van der Waals surface area contributed by atoms with Crippen LogP contribution in [0.5, 0.6) is 0 Å². The van der Waals surface area contributed by atoms with Gasteiger partial charge in [0.05, 0.1) is 6.20 Å². The molecule has 0 spiro atoms. The predicted octanol–water partition coefficient (Wildman–Crippen LogP) is 2.28. The Bertz CT molecular complexity index is 575. The van der Waals surface area contributed by atoms with Gasteiger partial charge in [-0.05, 0) is 38.1 Å². The minimum absolute atomic E-state index is 0.219. The molecule has 4 nitrogen and oxygen atoms in total. The molecule has 2 aromatic rings. The molecule has 0 aliphatic heterocycles. The quantitative estimate of drug-likeness (QED) is 0.917. The van der Waals surface area contributed by atoms with Crippen molar-refractivity contribution in [2.45, 2.75) is 26.9 Å². The molecule has 0 atom stereocenters. The summed E-state index contributed by atoms with van der Waals surface area (Å²) in [6.45, 7) is 5.20. The van der Waals surface area contributed by atoms with E-state index in [9.17, 15) is 9.18 Å². The lowest BCUT2D eigenvalue weighted by molar-refractivity contribution is 0.0951. The summed E-state index contributed by atoms with van der Waals surface area (Å²) >= 11 is 0. The first-order valence-corrected chi connectivity index (χ1v) is 6.17. The number of hydrogen-bond acceptors (Lipinski definition) is 2. The molecule has 0 saturated carbocycles. The molecule has 19 heavy (non-hydrogen) atoms. The molecule has 0 radical (unpaired) electrons. The van der Waals surface area contributed by atoms with Gasteiger partial charge in [-0.15, -0.1) is 0 Å². The molecule has 0 unspecified atom stereocenters. The van der Waals surface area contributed by atoms with Gasteiger partial charge in [0, 0.05) is 29.9 Å². The van der Waals surface area contributed by atoms with Gasteiger partial charge in [-0.25, -0.2) is 4.39 Å². The second kappa shape index (κ2) is 5.65. The Morgan fingerprint density at radius 3 is 2.63 bits per heavy atom. The lowest BCUT2D eigenvalue weighted by Crippen LogP contribution is -2.23. The van der Waals surface area contributed by atoms with Crippen molar-refractivity contribution in [2.75, 3.05) is 0 Å². The van der Waals surface area contributed by atoms with Crippen LogP contribution in [0.1, 0.15) is 28.5 Å². The van der Waals surface area contributed by atoms with E-state index in [1.807, 2.05) is 18.5 Å². The van der Waals surface area contributed by atoms with E-state index in [0.717, 1.165) is 17.8 Å². The van der Waals surface area contributed by atoms with Crippen molar-refractivity contribution in [3.05, 3.63) is 53.1 Å². The Kier molecular flexibility index (Phi) is 3.94. The third kappa shape index (κ3) is 2.99. The number of benzene rings is 1. The van der Waals surface area contributed by atoms with Crippen molar-refractivity contribution in [1.29, 1.82) is 0 Å². The number of aromatic nitrogens is 2. The van der Waals surface area contributed by atoms with E-state index in [1.54, 1.807) is 6.20 Å². The summed E-state index contributed by atoms with van der Waals surface area (Å²) in [5.74, 6) is -0.569. The molecule has 2 rings (SSSR count). The number of carbonyl (C=O) groups excluding carboxylic acids is 1. The van der Waals surface area contributed by atoms with Gasteiger partial charge < -0.3 is 5.32 Å². The van der Waals surface area contributed by atoms with Crippen LogP contribution in [0, 0.1) is 12.7 Å². The fourth-order valence-corrected chi connectivity index (χ4v) is 1.86. The van der Waals surface area contributed by atoms with Crippen LogP contribution in [0.2, 0.25) is 0 Å². The molecule has 1 aromatic carbocycles. The summed E-state index contributed by atoms with van der Waals surface area (Å²) in [5.41, 5.74) is 2.47. The number of aryl methyl sites for hydroxylation is 1. The molecule has 1 amide bonds. The maximum atomic E-state index is 12.8. The zero-order valence-electron chi connectivity index (χ0n) is 11.0. The van der Waals surface area contributed by atoms with Crippen LogP contribution in [0.4, 0.5) is 4.39 Å². The van der Waals surface area contributed by atoms with Crippen LogP contribution in [-0.4, -0.2) is 15.7 Å². The fraction of sp³-hybridized carbons (Fsp3) is 0.286. The molecule has 1 aromatic heterocycles. The number of halogens is 1. The normalized spacial score (nSPS) is 10.5. The largest absolute Gasteiger partial charge is 0.348 e. The van der Waals surface area contributed by atoms with Gasteiger partial charge in [-0.2, -0.15) is 5.10 Å². The monoisotopic (exact) mass is 261 g/mol. The Labute approximate surface area is 111 Å². The van der Waals surface area contributed by atoms with Gasteiger partial charge in [0.25, 0.3) is 5.91 Å². The standard InChI is InChI=1S/C14H16FN3O/c1-3-18-10(2)12(9-17-18)8-16-14(19)11-4-6-13(15)7-5-11/h4-7,9H,3,8H2,1-2H3,(H,16,19). The first kappa shape index (κ1) is 13.3. The lowest BCUT2D eigenvalue weighted by Gasteiger charge is -2.05. The van der Waals surface area contributed by atoms with E-state index in [0.29, 0.717) is 12.1 Å². The van der Waals surface area contributed by atoms with Crippen molar-refractivity contribution in [2.24, 2.45) is 0 Å². The van der Waals surface area contributed by atoms with Crippen molar-refractivity contribution in [3.63, 3.8) is 0 Å². The zero-order chi connectivity index (χ0) is 13.8. The summed E-state index contributed by atoms with van der Waals surface area (Å²) in [6, 6.07) is 5.48. The summed E-state index contributed by atoms with van der Waals surface area (Å²) in [7, 11) is 0. The molecule has 1 heterocycles. The summed E-state index contributed by atoms with van der Waals surface area (Å²) in [6.07, 6.45) is 1.75. The molecule has 0 aliphatic carbocycles. The minimum Gasteiger partial charge on any atom is -0.348 e. The van der Waals surface area contributed by atoms with Crippen molar-refractivity contribution in [1.82, 2.24) is 15.1 Å². The Morgan fingerprint density at radius 1 is 1.37 bits per heavy atom. The van der Waals surface area contributed by atoms with Gasteiger partial charge in [0.1, 0.15) is 5.82 Å². The van der Waals surface area contributed by atoms with E-state index in [4.69, 9.17) is 0 Å². The number of amides is 1. The van der Waals surface area contributed by atoms with E-state index >= 15 is 0 Å². The van der Waals surface area contributed by atoms with Gasteiger partial charge in [-0.1, -0.05) is 0 Å². The average molecular weight is 261 g/mol. The molecule has 0 bridgehead atoms. The fourth-order valence-electron chi connectivity index (χ4n) is 1.86. The number of nitrogens with zero attached hydrogens (tertiary/aromatic N) is 2.